The molecule has 7 heteroatoms. The average molecular weight is 673 g/mol. The van der Waals surface area contributed by atoms with Crippen LogP contribution in [0.2, 0.25) is 0 Å². The SMILES string of the molecule is CCCCc1cc(OC)ccc1COB(OCc1ccc(OC)cc1CCCC)OP(CCCC)(CCCC)(CCCC)CCCC. The Morgan fingerprint density at radius 1 is 0.489 bits per heavy atom. The molecule has 0 unspecified atom stereocenters. The second-order valence-electron chi connectivity index (χ2n) is 13.7. The Labute approximate surface area is 290 Å². The zero-order chi connectivity index (χ0) is 34.4. The predicted molar refractivity (Wildman–Crippen MR) is 206 cm³/mol. The normalized spacial score (nSPS) is 12.6. The van der Waals surface area contributed by atoms with Gasteiger partial charge in [-0.15, -0.1) is 0 Å². The van der Waals surface area contributed by atoms with Crippen molar-refractivity contribution in [3.63, 3.8) is 0 Å². The van der Waals surface area contributed by atoms with Crippen LogP contribution in [0.1, 0.15) is 141 Å². The second kappa shape index (κ2) is 22.9. The number of rotatable bonds is 28. The van der Waals surface area contributed by atoms with Crippen molar-refractivity contribution in [2.24, 2.45) is 0 Å². The molecule has 0 heterocycles. The molecule has 0 atom stereocenters. The molecule has 0 bridgehead atoms. The molecule has 268 valence electrons. The van der Waals surface area contributed by atoms with E-state index in [1.807, 2.05) is 12.1 Å². The first kappa shape index (κ1) is 41.6. The van der Waals surface area contributed by atoms with Gasteiger partial charge in [0.2, 0.25) is 0 Å². The van der Waals surface area contributed by atoms with Crippen molar-refractivity contribution in [3.8, 4) is 11.5 Å². The Hall–Kier alpha value is -1.59. The van der Waals surface area contributed by atoms with Gasteiger partial charge in [-0.3, -0.25) is 0 Å². The van der Waals surface area contributed by atoms with Crippen molar-refractivity contribution < 1.29 is 23.2 Å². The number of benzene rings is 2. The average Bonchev–Trinajstić information content (AvgIpc) is 3.11. The van der Waals surface area contributed by atoms with E-state index in [0.29, 0.717) is 13.2 Å². The Bertz CT molecular complexity index is 1020. The zero-order valence-corrected chi connectivity index (χ0v) is 32.6. The van der Waals surface area contributed by atoms with Crippen LogP contribution in [0, 0.1) is 0 Å². The van der Waals surface area contributed by atoms with E-state index in [2.05, 4.69) is 65.8 Å². The van der Waals surface area contributed by atoms with Gasteiger partial charge in [0.1, 0.15) is 0 Å². The van der Waals surface area contributed by atoms with Gasteiger partial charge in [0.15, 0.2) is 0 Å². The third kappa shape index (κ3) is 13.7. The molecule has 0 saturated carbocycles. The predicted octanol–water partition coefficient (Wildman–Crippen LogP) is 11.8. The van der Waals surface area contributed by atoms with Crippen molar-refractivity contribution in [2.45, 2.75) is 145 Å². The molecule has 2 aromatic carbocycles. The van der Waals surface area contributed by atoms with Crippen LogP contribution < -0.4 is 9.47 Å². The first-order chi connectivity index (χ1) is 22.8. The first-order valence-corrected chi connectivity index (χ1v) is 22.0. The quantitative estimate of drug-likeness (QED) is 0.0665. The van der Waals surface area contributed by atoms with Crippen LogP contribution in [0.25, 0.3) is 0 Å². The molecule has 0 amide bonds. The summed E-state index contributed by atoms with van der Waals surface area (Å²) < 4.78 is 32.5. The monoisotopic (exact) mass is 673 g/mol. The Morgan fingerprint density at radius 2 is 0.851 bits per heavy atom. The molecular weight excluding hydrogens is 602 g/mol. The van der Waals surface area contributed by atoms with Gasteiger partial charge in [-0.25, -0.2) is 0 Å². The molecule has 0 saturated heterocycles. The summed E-state index contributed by atoms with van der Waals surface area (Å²) >= 11 is 0. The molecule has 0 aliphatic rings. The van der Waals surface area contributed by atoms with E-state index in [0.717, 1.165) is 50.0 Å². The van der Waals surface area contributed by atoms with Gasteiger partial charge < -0.3 is 0 Å². The Balaban J connectivity index is 2.57. The van der Waals surface area contributed by atoms with E-state index in [-0.39, 0.29) is 0 Å². The first-order valence-electron chi connectivity index (χ1n) is 19.1. The minimum atomic E-state index is -2.67. The number of aryl methyl sites for hydroxylation is 2. The molecule has 0 spiro atoms. The molecule has 0 aromatic heterocycles. The summed E-state index contributed by atoms with van der Waals surface area (Å²) in [5.41, 5.74) is 4.95. The van der Waals surface area contributed by atoms with E-state index >= 15 is 0 Å². The maximum absolute atomic E-state index is 7.65. The van der Waals surface area contributed by atoms with E-state index in [9.17, 15) is 0 Å². The van der Waals surface area contributed by atoms with E-state index < -0.39 is 14.2 Å². The third-order valence-electron chi connectivity index (χ3n) is 9.87. The van der Waals surface area contributed by atoms with Crippen LogP contribution in [-0.2, 0) is 39.8 Å². The molecule has 0 aliphatic carbocycles. The topological polar surface area (TPSA) is 46.2 Å². The van der Waals surface area contributed by atoms with E-state index in [4.69, 9.17) is 23.2 Å². The summed E-state index contributed by atoms with van der Waals surface area (Å²) in [7, 11) is 2.75. The molecule has 0 aliphatic heterocycles. The van der Waals surface area contributed by atoms with Gasteiger partial charge in [-0.1, -0.05) is 0 Å². The van der Waals surface area contributed by atoms with Gasteiger partial charge >= 0.3 is 291 Å². The number of hydrogen-bond acceptors (Lipinski definition) is 5. The molecule has 0 N–H and O–H groups in total. The van der Waals surface area contributed by atoms with E-state index in [1.165, 1.54) is 98.3 Å². The zero-order valence-electron chi connectivity index (χ0n) is 31.7. The number of hydrogen-bond donors (Lipinski definition) is 0. The van der Waals surface area contributed by atoms with Crippen LogP contribution in [0.3, 0.4) is 0 Å². The second-order valence-corrected chi connectivity index (χ2v) is 19.4. The Kier molecular flexibility index (Phi) is 20.3. The van der Waals surface area contributed by atoms with Crippen molar-refractivity contribution in [1.82, 2.24) is 0 Å². The van der Waals surface area contributed by atoms with Crippen molar-refractivity contribution in [3.05, 3.63) is 58.7 Å². The summed E-state index contributed by atoms with van der Waals surface area (Å²) in [6.07, 6.45) is 20.7. The van der Waals surface area contributed by atoms with Crippen LogP contribution in [0.5, 0.6) is 11.5 Å². The van der Waals surface area contributed by atoms with Crippen LogP contribution in [0.15, 0.2) is 36.4 Å². The van der Waals surface area contributed by atoms with Gasteiger partial charge in [0, 0.05) is 0 Å². The number of methoxy groups -OCH3 is 2. The molecular formula is C40H70BO5P. The minimum absolute atomic E-state index is 0.453. The van der Waals surface area contributed by atoms with Gasteiger partial charge in [0.05, 0.1) is 0 Å². The standard InChI is InChI=1S/C40H70BO5P/c1-9-15-21-35-31-39(42-7)25-23-37(35)33-44-41(45-34-38-24-26-40(43-8)32-36(38)22-16-10-2)46-47(27-17-11-3,28-18-12-4,29-19-13-5)30-20-14-6/h23-26,31-32H,9-22,27-30,33-34H2,1-8H3. The maximum atomic E-state index is 7.65. The van der Waals surface area contributed by atoms with Crippen LogP contribution >= 0.6 is 6.83 Å². The van der Waals surface area contributed by atoms with Gasteiger partial charge in [-0.2, -0.15) is 0 Å². The third-order valence-corrected chi connectivity index (χ3v) is 16.4. The molecule has 2 rings (SSSR count). The summed E-state index contributed by atoms with van der Waals surface area (Å²) in [5.74, 6) is 1.79. The molecule has 0 radical (unpaired) electrons. The number of ether oxygens (including phenoxy) is 2. The van der Waals surface area contributed by atoms with Crippen molar-refractivity contribution >= 4 is 14.2 Å². The van der Waals surface area contributed by atoms with E-state index in [1.54, 1.807) is 14.2 Å². The fourth-order valence-electron chi connectivity index (χ4n) is 6.72. The summed E-state index contributed by atoms with van der Waals surface area (Å²) in [5, 5.41) is 0. The number of unbranched alkanes of at least 4 members (excludes halogenated alkanes) is 6. The summed E-state index contributed by atoms with van der Waals surface area (Å²) in [6.45, 7) is 12.0. The van der Waals surface area contributed by atoms with Gasteiger partial charge in [0.25, 0.3) is 0 Å². The molecule has 47 heavy (non-hydrogen) atoms. The Morgan fingerprint density at radius 3 is 1.17 bits per heavy atom. The molecule has 0 fully saturated rings. The molecule has 5 nitrogen and oxygen atoms in total. The van der Waals surface area contributed by atoms with Crippen LogP contribution in [-0.4, -0.2) is 46.2 Å². The van der Waals surface area contributed by atoms with Gasteiger partial charge in [-0.05, 0) is 0 Å². The van der Waals surface area contributed by atoms with Crippen LogP contribution in [0.4, 0.5) is 0 Å². The summed E-state index contributed by atoms with van der Waals surface area (Å²) in [4.78, 5) is 0. The molecule has 2 aromatic rings. The van der Waals surface area contributed by atoms with Crippen molar-refractivity contribution in [2.75, 3.05) is 38.9 Å². The van der Waals surface area contributed by atoms with Crippen molar-refractivity contribution in [1.29, 1.82) is 0 Å². The fraction of sp³-hybridized carbons (Fsp3) is 0.700. The fourth-order valence-corrected chi connectivity index (χ4v) is 13.6. The summed E-state index contributed by atoms with van der Waals surface area (Å²) in [6, 6.07) is 12.8.